The normalized spacial score (nSPS) is 11.5. The third-order valence-corrected chi connectivity index (χ3v) is 7.70. The molecule has 0 fully saturated rings. The van der Waals surface area contributed by atoms with E-state index in [9.17, 15) is 31.4 Å². The number of halogens is 8. The summed E-state index contributed by atoms with van der Waals surface area (Å²) in [6.07, 6.45) is -4.95. The highest BCUT2D eigenvalue weighted by atomic mass is 35.5. The first-order valence-electron chi connectivity index (χ1n) is 17.2. The van der Waals surface area contributed by atoms with Crippen molar-refractivity contribution in [2.75, 3.05) is 0 Å². The SMILES string of the molecule is CC(C)Cc1cc(Cl)c(O)c(Cl)c1.CC(C)Cc1ccc(C(F)(F)F)cc1.CC(C)Cc1ccc(O)cc1.CC(C)Cc1cccc(C(F)(F)F)c1. The number of rotatable bonds is 8. The summed E-state index contributed by atoms with van der Waals surface area (Å²) in [7, 11) is 0. The van der Waals surface area contributed by atoms with Crippen LogP contribution in [0.2, 0.25) is 10.0 Å². The van der Waals surface area contributed by atoms with Gasteiger partial charge in [-0.1, -0.05) is 121 Å². The summed E-state index contributed by atoms with van der Waals surface area (Å²) in [6, 6.07) is 21.8. The van der Waals surface area contributed by atoms with Gasteiger partial charge in [-0.05, 0) is 114 Å². The number of hydrogen-bond donors (Lipinski definition) is 2. The molecule has 0 atom stereocenters. The van der Waals surface area contributed by atoms with Crippen LogP contribution in [0.3, 0.4) is 0 Å². The van der Waals surface area contributed by atoms with Crippen molar-refractivity contribution in [1.29, 1.82) is 0 Å². The van der Waals surface area contributed by atoms with Crippen LogP contribution in [0.25, 0.3) is 0 Å². The molecule has 0 heterocycles. The van der Waals surface area contributed by atoms with Crippen LogP contribution in [0.4, 0.5) is 26.3 Å². The second-order valence-electron chi connectivity index (χ2n) is 14.4. The third kappa shape index (κ3) is 19.5. The predicted octanol–water partition coefficient (Wildman–Crippen LogP) is 14.3. The van der Waals surface area contributed by atoms with E-state index in [1.807, 2.05) is 39.8 Å². The lowest BCUT2D eigenvalue weighted by atomic mass is 10.0. The average molecular weight is 774 g/mol. The molecule has 0 bridgehead atoms. The molecule has 0 unspecified atom stereocenters. The summed E-state index contributed by atoms with van der Waals surface area (Å²) in [5, 5.41) is 18.9. The molecule has 0 amide bonds. The molecule has 2 nitrogen and oxygen atoms in total. The Hall–Kier alpha value is -3.36. The van der Waals surface area contributed by atoms with Gasteiger partial charge in [0.1, 0.15) is 5.75 Å². The highest BCUT2D eigenvalue weighted by Crippen LogP contribution is 2.33. The van der Waals surface area contributed by atoms with E-state index in [-0.39, 0.29) is 5.75 Å². The molecule has 4 aromatic carbocycles. The van der Waals surface area contributed by atoms with E-state index in [4.69, 9.17) is 28.3 Å². The van der Waals surface area contributed by atoms with Crippen molar-refractivity contribution >= 4 is 23.2 Å². The van der Waals surface area contributed by atoms with Crippen LogP contribution >= 0.6 is 23.2 Å². The lowest BCUT2D eigenvalue weighted by Crippen LogP contribution is -2.05. The van der Waals surface area contributed by atoms with Gasteiger partial charge in [0.2, 0.25) is 0 Å². The van der Waals surface area contributed by atoms with Gasteiger partial charge in [-0.15, -0.1) is 0 Å². The van der Waals surface area contributed by atoms with Crippen molar-refractivity contribution in [2.45, 2.75) is 93.4 Å². The molecule has 0 spiro atoms. The quantitative estimate of drug-likeness (QED) is 0.175. The number of phenolic OH excluding ortho intramolecular Hbond substituents is 2. The van der Waals surface area contributed by atoms with E-state index in [0.717, 1.165) is 54.2 Å². The van der Waals surface area contributed by atoms with Crippen molar-refractivity contribution in [3.05, 3.63) is 128 Å². The molecule has 0 radical (unpaired) electrons. The Morgan fingerprint density at radius 3 is 1.21 bits per heavy atom. The van der Waals surface area contributed by atoms with Gasteiger partial charge < -0.3 is 10.2 Å². The summed E-state index contributed by atoms with van der Waals surface area (Å²) >= 11 is 11.5. The van der Waals surface area contributed by atoms with Gasteiger partial charge in [-0.2, -0.15) is 26.3 Å². The standard InChI is InChI=1S/2C11H13F3.C10H12Cl2O.C10H14O/c1-8(2)7-9-3-5-10(6-4-9)11(12,13)14;1-8(2)6-9-4-3-5-10(7-9)11(12,13)14;1-6(2)3-7-4-8(11)10(13)9(12)5-7;1-8(2)7-9-3-5-10(11)6-4-9/h3-6,8H,7H2,1-2H3;3-5,7-8H,6H2,1-2H3;4-6,13H,3H2,1-2H3;3-6,8,11H,7H2,1-2H3. The second-order valence-corrected chi connectivity index (χ2v) is 15.2. The summed E-state index contributed by atoms with van der Waals surface area (Å²) in [5.41, 5.74) is 2.91. The maximum atomic E-state index is 12.3. The summed E-state index contributed by atoms with van der Waals surface area (Å²) < 4.78 is 73.5. The zero-order valence-corrected chi connectivity index (χ0v) is 32.7. The van der Waals surface area contributed by atoms with Crippen LogP contribution in [-0.2, 0) is 38.0 Å². The fraction of sp³-hybridized carbons (Fsp3) is 0.429. The highest BCUT2D eigenvalue weighted by Gasteiger charge is 2.30. The van der Waals surface area contributed by atoms with Gasteiger partial charge in [0.25, 0.3) is 0 Å². The number of aromatic hydroxyl groups is 2. The number of alkyl halides is 6. The average Bonchev–Trinajstić information content (AvgIpc) is 3.00. The fourth-order valence-corrected chi connectivity index (χ4v) is 5.49. The topological polar surface area (TPSA) is 40.5 Å². The van der Waals surface area contributed by atoms with Gasteiger partial charge in [-0.3, -0.25) is 0 Å². The maximum Gasteiger partial charge on any atom is 0.416 e. The van der Waals surface area contributed by atoms with Crippen LogP contribution in [0.1, 0.15) is 88.8 Å². The molecular formula is C42H52Cl2F6O2. The Morgan fingerprint density at radius 2 is 0.827 bits per heavy atom. The molecule has 4 rings (SSSR count). The zero-order chi connectivity index (χ0) is 39.8. The van der Waals surface area contributed by atoms with Gasteiger partial charge in [0.05, 0.1) is 21.2 Å². The summed E-state index contributed by atoms with van der Waals surface area (Å²) in [5.74, 6) is 2.38. The first-order chi connectivity index (χ1) is 24.0. The minimum atomic E-state index is -4.23. The van der Waals surface area contributed by atoms with Crippen molar-refractivity contribution < 1.29 is 36.6 Å². The van der Waals surface area contributed by atoms with Crippen molar-refractivity contribution in [2.24, 2.45) is 23.7 Å². The Balaban J connectivity index is 0.000000348. The van der Waals surface area contributed by atoms with Crippen molar-refractivity contribution in [3.63, 3.8) is 0 Å². The molecule has 0 saturated heterocycles. The third-order valence-electron chi connectivity index (χ3n) is 7.12. The molecule has 10 heteroatoms. The van der Waals surface area contributed by atoms with Gasteiger partial charge in [-0.25, -0.2) is 0 Å². The first kappa shape index (κ1) is 46.7. The van der Waals surface area contributed by atoms with Gasteiger partial charge in [0.15, 0.2) is 5.75 Å². The van der Waals surface area contributed by atoms with E-state index in [1.54, 1.807) is 42.5 Å². The van der Waals surface area contributed by atoms with Gasteiger partial charge >= 0.3 is 12.4 Å². The summed E-state index contributed by atoms with van der Waals surface area (Å²) in [6.45, 7) is 16.7. The van der Waals surface area contributed by atoms with Crippen LogP contribution in [0.15, 0.2) is 84.9 Å². The van der Waals surface area contributed by atoms with Gasteiger partial charge in [0, 0.05) is 0 Å². The number of hydrogen-bond acceptors (Lipinski definition) is 2. The first-order valence-corrected chi connectivity index (χ1v) is 18.0. The Morgan fingerprint density at radius 1 is 0.462 bits per heavy atom. The molecule has 0 aromatic heterocycles. The Bertz CT molecular complexity index is 1570. The molecule has 288 valence electrons. The van der Waals surface area contributed by atoms with Crippen molar-refractivity contribution in [1.82, 2.24) is 0 Å². The van der Waals surface area contributed by atoms with Crippen LogP contribution in [-0.4, -0.2) is 10.2 Å². The largest absolute Gasteiger partial charge is 0.508 e. The fourth-order valence-electron chi connectivity index (χ4n) is 4.96. The zero-order valence-electron chi connectivity index (χ0n) is 31.1. The molecule has 4 aromatic rings. The molecule has 52 heavy (non-hydrogen) atoms. The number of phenols is 2. The van der Waals surface area contributed by atoms with E-state index in [0.29, 0.717) is 45.9 Å². The minimum absolute atomic E-state index is 0.0316. The molecule has 0 aliphatic heterocycles. The minimum Gasteiger partial charge on any atom is -0.508 e. The van der Waals surface area contributed by atoms with Crippen LogP contribution in [0, 0.1) is 23.7 Å². The Kier molecular flexibility index (Phi) is 19.7. The lowest BCUT2D eigenvalue weighted by molar-refractivity contribution is -0.138. The van der Waals surface area contributed by atoms with Crippen LogP contribution in [0.5, 0.6) is 11.5 Å². The molecule has 0 aliphatic carbocycles. The van der Waals surface area contributed by atoms with E-state index in [1.165, 1.54) is 17.7 Å². The Labute approximate surface area is 315 Å². The monoisotopic (exact) mass is 772 g/mol. The highest BCUT2D eigenvalue weighted by molar-refractivity contribution is 6.37. The van der Waals surface area contributed by atoms with E-state index in [2.05, 4.69) is 27.7 Å². The predicted molar refractivity (Wildman–Crippen MR) is 203 cm³/mol. The lowest BCUT2D eigenvalue weighted by Gasteiger charge is -2.09. The smallest absolute Gasteiger partial charge is 0.416 e. The van der Waals surface area contributed by atoms with E-state index < -0.39 is 23.5 Å². The van der Waals surface area contributed by atoms with Crippen LogP contribution < -0.4 is 0 Å². The second kappa shape index (κ2) is 22.0. The van der Waals surface area contributed by atoms with E-state index >= 15 is 0 Å². The molecule has 0 saturated carbocycles. The number of benzene rings is 4. The maximum absolute atomic E-state index is 12.3. The van der Waals surface area contributed by atoms with Crippen molar-refractivity contribution in [3.8, 4) is 11.5 Å². The molecular weight excluding hydrogens is 721 g/mol. The molecule has 2 N–H and O–H groups in total. The molecule has 0 aliphatic rings. The summed E-state index contributed by atoms with van der Waals surface area (Å²) in [4.78, 5) is 0.